The van der Waals surface area contributed by atoms with Crippen LogP contribution in [0.5, 0.6) is 17.2 Å². The van der Waals surface area contributed by atoms with E-state index in [0.717, 1.165) is 45.1 Å². The van der Waals surface area contributed by atoms with Gasteiger partial charge in [0.1, 0.15) is 5.75 Å². The van der Waals surface area contributed by atoms with Crippen LogP contribution >= 0.6 is 0 Å². The van der Waals surface area contributed by atoms with Crippen LogP contribution in [0, 0.1) is 13.8 Å². The summed E-state index contributed by atoms with van der Waals surface area (Å²) >= 11 is 0. The van der Waals surface area contributed by atoms with Gasteiger partial charge in [-0.1, -0.05) is 0 Å². The average molecular weight is 366 g/mol. The van der Waals surface area contributed by atoms with Gasteiger partial charge >= 0.3 is 0 Å². The molecule has 1 N–H and O–H groups in total. The lowest BCUT2D eigenvalue weighted by Gasteiger charge is -2.18. The fraction of sp³-hybridized carbons (Fsp3) is 0.318. The van der Waals surface area contributed by atoms with E-state index in [-0.39, 0.29) is 0 Å². The lowest BCUT2D eigenvalue weighted by atomic mass is 9.94. The molecule has 1 aliphatic rings. The molecule has 2 aromatic rings. The highest BCUT2D eigenvalue weighted by Crippen LogP contribution is 2.43. The number of allylic oxidation sites excluding steroid dienone is 2. The van der Waals surface area contributed by atoms with Gasteiger partial charge in [0.05, 0.1) is 32.7 Å². The second-order valence-corrected chi connectivity index (χ2v) is 6.72. The third-order valence-electron chi connectivity index (χ3n) is 4.70. The molecule has 0 fully saturated rings. The van der Waals surface area contributed by atoms with E-state index in [1.54, 1.807) is 21.3 Å². The number of nitrogens with one attached hydrogen (secondary N) is 1. The van der Waals surface area contributed by atoms with Crippen LogP contribution in [0.15, 0.2) is 40.5 Å². The molecule has 5 nitrogen and oxygen atoms in total. The Kier molecular flexibility index (Phi) is 5.13. The highest BCUT2D eigenvalue weighted by molar-refractivity contribution is 6.01. The maximum atomic E-state index is 5.71. The number of hydrogen-bond acceptors (Lipinski definition) is 4. The molecule has 0 unspecified atom stereocenters. The normalized spacial score (nSPS) is 15.4. The highest BCUT2D eigenvalue weighted by Gasteiger charge is 2.24. The molecule has 0 radical (unpaired) electrons. The Morgan fingerprint density at radius 1 is 0.852 bits per heavy atom. The number of nitrogens with zero attached hydrogens (tertiary/aromatic N) is 1. The first-order chi connectivity index (χ1) is 12.9. The van der Waals surface area contributed by atoms with E-state index in [2.05, 4.69) is 37.9 Å². The minimum Gasteiger partial charge on any atom is -0.496 e. The lowest BCUT2D eigenvalue weighted by Crippen LogP contribution is -2.01. The van der Waals surface area contributed by atoms with E-state index in [1.807, 2.05) is 19.1 Å². The molecule has 5 heteroatoms. The van der Waals surface area contributed by atoms with Crippen molar-refractivity contribution in [2.24, 2.45) is 4.99 Å². The molecule has 3 rings (SSSR count). The third-order valence-corrected chi connectivity index (χ3v) is 4.70. The quantitative estimate of drug-likeness (QED) is 0.824. The number of aliphatic imine (C=N–C) groups is 1. The van der Waals surface area contributed by atoms with Crippen molar-refractivity contribution in [2.45, 2.75) is 27.7 Å². The summed E-state index contributed by atoms with van der Waals surface area (Å²) in [5, 5.41) is 0. The second kappa shape index (κ2) is 7.35. The highest BCUT2D eigenvalue weighted by atomic mass is 16.5. The smallest absolute Gasteiger partial charge is 0.164 e. The van der Waals surface area contributed by atoms with E-state index >= 15 is 0 Å². The van der Waals surface area contributed by atoms with Gasteiger partial charge in [-0.3, -0.25) is 4.99 Å². The van der Waals surface area contributed by atoms with Crippen LogP contribution in [0.25, 0.3) is 5.57 Å². The molecule has 0 saturated carbocycles. The van der Waals surface area contributed by atoms with Crippen molar-refractivity contribution in [1.29, 1.82) is 0 Å². The fourth-order valence-electron chi connectivity index (χ4n) is 3.53. The summed E-state index contributed by atoms with van der Waals surface area (Å²) in [5.41, 5.74) is 8.21. The number of benzene rings is 1. The zero-order chi connectivity index (χ0) is 19.7. The molecule has 0 bridgehead atoms. The topological polar surface area (TPSA) is 55.8 Å². The van der Waals surface area contributed by atoms with Gasteiger partial charge in [0.15, 0.2) is 11.5 Å². The zero-order valence-corrected chi connectivity index (χ0v) is 17.0. The van der Waals surface area contributed by atoms with Gasteiger partial charge < -0.3 is 19.2 Å². The van der Waals surface area contributed by atoms with Crippen molar-refractivity contribution in [3.63, 3.8) is 0 Å². The predicted octanol–water partition coefficient (Wildman–Crippen LogP) is 4.84. The maximum absolute atomic E-state index is 5.71. The van der Waals surface area contributed by atoms with E-state index in [1.165, 1.54) is 0 Å². The molecule has 27 heavy (non-hydrogen) atoms. The maximum Gasteiger partial charge on any atom is 0.164 e. The number of methoxy groups -OCH3 is 3. The van der Waals surface area contributed by atoms with Crippen LogP contribution in [0.3, 0.4) is 0 Å². The number of hydrogen-bond donors (Lipinski definition) is 1. The van der Waals surface area contributed by atoms with Crippen molar-refractivity contribution in [2.75, 3.05) is 21.3 Å². The summed E-state index contributed by atoms with van der Waals surface area (Å²) in [6, 6.07) is 5.93. The number of rotatable bonds is 5. The van der Waals surface area contributed by atoms with Crippen LogP contribution in [0.1, 0.15) is 36.4 Å². The van der Waals surface area contributed by atoms with Crippen molar-refractivity contribution in [1.82, 2.24) is 4.98 Å². The molecule has 1 aromatic heterocycles. The monoisotopic (exact) mass is 366 g/mol. The van der Waals surface area contributed by atoms with Gasteiger partial charge in [-0.15, -0.1) is 0 Å². The zero-order valence-electron chi connectivity index (χ0n) is 17.0. The first kappa shape index (κ1) is 18.8. The first-order valence-electron chi connectivity index (χ1n) is 8.84. The Morgan fingerprint density at radius 2 is 1.48 bits per heavy atom. The molecule has 0 saturated heterocycles. The summed E-state index contributed by atoms with van der Waals surface area (Å²) in [4.78, 5) is 8.29. The molecule has 0 atom stereocenters. The van der Waals surface area contributed by atoms with E-state index in [0.29, 0.717) is 17.2 Å². The summed E-state index contributed by atoms with van der Waals surface area (Å²) in [5.74, 6) is 1.97. The molecule has 2 heterocycles. The number of H-pyrrole nitrogens is 1. The van der Waals surface area contributed by atoms with E-state index in [4.69, 9.17) is 19.2 Å². The Morgan fingerprint density at radius 3 is 1.96 bits per heavy atom. The molecule has 1 aromatic carbocycles. The predicted molar refractivity (Wildman–Crippen MR) is 109 cm³/mol. The van der Waals surface area contributed by atoms with Crippen molar-refractivity contribution in [3.8, 4) is 17.2 Å². The summed E-state index contributed by atoms with van der Waals surface area (Å²) in [7, 11) is 4.91. The van der Waals surface area contributed by atoms with Gasteiger partial charge in [0.2, 0.25) is 0 Å². The van der Waals surface area contributed by atoms with E-state index in [9.17, 15) is 0 Å². The largest absolute Gasteiger partial charge is 0.496 e. The van der Waals surface area contributed by atoms with Crippen LogP contribution in [0.4, 0.5) is 0 Å². The summed E-state index contributed by atoms with van der Waals surface area (Å²) in [6.07, 6.45) is 2.09. The third kappa shape index (κ3) is 3.37. The van der Waals surface area contributed by atoms with Gasteiger partial charge in [0.25, 0.3) is 0 Å². The Balaban J connectivity index is 2.39. The minimum atomic E-state index is 0.625. The Bertz CT molecular complexity index is 978. The molecule has 1 aliphatic heterocycles. The molecular formula is C22H26N2O3. The number of aromatic nitrogens is 1. The molecular weight excluding hydrogens is 340 g/mol. The number of aromatic amines is 1. The first-order valence-corrected chi connectivity index (χ1v) is 8.84. The van der Waals surface area contributed by atoms with Crippen LogP contribution < -0.4 is 14.2 Å². The minimum absolute atomic E-state index is 0.625. The van der Waals surface area contributed by atoms with Gasteiger partial charge in [-0.25, -0.2) is 0 Å². The lowest BCUT2D eigenvalue weighted by molar-refractivity contribution is 0.348. The average Bonchev–Trinajstić information content (AvgIpc) is 3.15. The fourth-order valence-corrected chi connectivity index (χ4v) is 3.53. The standard InChI is InChI=1S/C22H26N2O3/c1-12-8-14(3)23-21(12)20(22-13(2)9-15(4)24-22)16-10-18(26-6)19(27-7)11-17(16)25-5/h8-11,23H,1-7H3/b22-20-. The van der Waals surface area contributed by atoms with Gasteiger partial charge in [0, 0.05) is 28.6 Å². The number of ether oxygens (including phenoxy) is 3. The van der Waals surface area contributed by atoms with Crippen LogP contribution in [-0.4, -0.2) is 32.0 Å². The van der Waals surface area contributed by atoms with Crippen molar-refractivity contribution < 1.29 is 14.2 Å². The second-order valence-electron chi connectivity index (χ2n) is 6.72. The van der Waals surface area contributed by atoms with Crippen LogP contribution in [0.2, 0.25) is 0 Å². The Labute approximate surface area is 160 Å². The summed E-state index contributed by atoms with van der Waals surface area (Å²) < 4.78 is 16.7. The molecule has 0 spiro atoms. The van der Waals surface area contributed by atoms with Crippen LogP contribution in [-0.2, 0) is 0 Å². The SMILES string of the molecule is COc1cc(OC)c(/C(=C2/N=C(C)C=C2C)c2[nH]c(C)cc2C)cc1OC. The molecule has 0 amide bonds. The van der Waals surface area contributed by atoms with Crippen molar-refractivity contribution in [3.05, 3.63) is 58.1 Å². The molecule has 0 aliphatic carbocycles. The Hall–Kier alpha value is -2.95. The van der Waals surface area contributed by atoms with Crippen molar-refractivity contribution >= 4 is 11.3 Å². The number of aryl methyl sites for hydroxylation is 2. The van der Waals surface area contributed by atoms with Gasteiger partial charge in [-0.2, -0.15) is 0 Å². The van der Waals surface area contributed by atoms with Gasteiger partial charge in [-0.05, 0) is 57.0 Å². The molecule has 142 valence electrons. The summed E-state index contributed by atoms with van der Waals surface area (Å²) in [6.45, 7) is 8.23. The van der Waals surface area contributed by atoms with E-state index < -0.39 is 0 Å².